The fourth-order valence-corrected chi connectivity index (χ4v) is 2.53. The van der Waals surface area contributed by atoms with Crippen molar-refractivity contribution < 1.29 is 4.39 Å². The molecule has 1 heterocycles. The van der Waals surface area contributed by atoms with Gasteiger partial charge in [0.15, 0.2) is 0 Å². The number of nitrogens with two attached hydrogens (primary N) is 1. The molecule has 3 nitrogen and oxygen atoms in total. The van der Waals surface area contributed by atoms with Crippen LogP contribution in [0, 0.1) is 5.82 Å². The Morgan fingerprint density at radius 3 is 2.37 bits per heavy atom. The van der Waals surface area contributed by atoms with E-state index >= 15 is 0 Å². The van der Waals surface area contributed by atoms with Crippen molar-refractivity contribution in [1.29, 1.82) is 0 Å². The first-order valence-electron chi connectivity index (χ1n) is 6.01. The molecule has 0 bridgehead atoms. The highest BCUT2D eigenvalue weighted by Gasteiger charge is 2.16. The zero-order chi connectivity index (χ0) is 14.0. The summed E-state index contributed by atoms with van der Waals surface area (Å²) in [5.74, 6) is 0.222. The van der Waals surface area contributed by atoms with Crippen LogP contribution in [0.2, 0.25) is 0 Å². The molecule has 2 rings (SSSR count). The van der Waals surface area contributed by atoms with Gasteiger partial charge in [-0.25, -0.2) is 14.4 Å². The SMILES string of the molecule is CC(C)c1nc(N)nc(-c2ccc(F)cc2)c1CBr. The lowest BCUT2D eigenvalue weighted by Crippen LogP contribution is -2.07. The average Bonchev–Trinajstić information content (AvgIpc) is 2.38. The summed E-state index contributed by atoms with van der Waals surface area (Å²) in [4.78, 5) is 8.61. The summed E-state index contributed by atoms with van der Waals surface area (Å²) >= 11 is 3.47. The first-order valence-corrected chi connectivity index (χ1v) is 7.13. The molecule has 2 aromatic rings. The first-order chi connectivity index (χ1) is 9.02. The number of hydrogen-bond acceptors (Lipinski definition) is 3. The van der Waals surface area contributed by atoms with Crippen molar-refractivity contribution in [3.05, 3.63) is 41.3 Å². The van der Waals surface area contributed by atoms with Crippen molar-refractivity contribution in [2.45, 2.75) is 25.1 Å². The van der Waals surface area contributed by atoms with E-state index in [4.69, 9.17) is 5.73 Å². The Bertz CT molecular complexity index is 582. The standard InChI is InChI=1S/C14H15BrFN3/c1-8(2)12-11(7-15)13(19-14(17)18-12)9-3-5-10(16)6-4-9/h3-6,8H,7H2,1-2H3,(H2,17,18,19). The number of aromatic nitrogens is 2. The second-order valence-electron chi connectivity index (χ2n) is 4.59. The van der Waals surface area contributed by atoms with Gasteiger partial charge >= 0.3 is 0 Å². The van der Waals surface area contributed by atoms with Crippen LogP contribution in [-0.4, -0.2) is 9.97 Å². The van der Waals surface area contributed by atoms with Crippen LogP contribution >= 0.6 is 15.9 Å². The summed E-state index contributed by atoms with van der Waals surface area (Å²) in [6, 6.07) is 6.24. The third-order valence-corrected chi connectivity index (χ3v) is 3.42. The third-order valence-electron chi connectivity index (χ3n) is 2.85. The van der Waals surface area contributed by atoms with Gasteiger partial charge in [-0.1, -0.05) is 29.8 Å². The van der Waals surface area contributed by atoms with Gasteiger partial charge in [0.1, 0.15) is 5.82 Å². The first kappa shape index (κ1) is 13.9. The highest BCUT2D eigenvalue weighted by molar-refractivity contribution is 9.08. The Kier molecular flexibility index (Phi) is 4.14. The van der Waals surface area contributed by atoms with Gasteiger partial charge in [-0.15, -0.1) is 0 Å². The smallest absolute Gasteiger partial charge is 0.220 e. The zero-order valence-corrected chi connectivity index (χ0v) is 12.4. The Morgan fingerprint density at radius 2 is 1.84 bits per heavy atom. The van der Waals surface area contributed by atoms with Crippen LogP contribution in [0.5, 0.6) is 0 Å². The molecule has 0 radical (unpaired) electrons. The molecule has 2 N–H and O–H groups in total. The van der Waals surface area contributed by atoms with Crippen molar-refractivity contribution in [1.82, 2.24) is 9.97 Å². The van der Waals surface area contributed by atoms with E-state index in [2.05, 4.69) is 39.7 Å². The molecule has 0 spiro atoms. The van der Waals surface area contributed by atoms with Crippen LogP contribution in [0.4, 0.5) is 10.3 Å². The van der Waals surface area contributed by atoms with Crippen molar-refractivity contribution in [2.24, 2.45) is 0 Å². The van der Waals surface area contributed by atoms with Gasteiger partial charge < -0.3 is 5.73 Å². The molecular formula is C14H15BrFN3. The quantitative estimate of drug-likeness (QED) is 0.872. The molecule has 0 aliphatic rings. The molecule has 0 saturated carbocycles. The number of anilines is 1. The maximum Gasteiger partial charge on any atom is 0.220 e. The Balaban J connectivity index is 2.64. The molecule has 0 saturated heterocycles. The molecule has 0 unspecified atom stereocenters. The Morgan fingerprint density at radius 1 is 1.21 bits per heavy atom. The number of alkyl halides is 1. The molecule has 5 heteroatoms. The molecule has 1 aromatic heterocycles. The van der Waals surface area contributed by atoms with Gasteiger partial charge in [0.25, 0.3) is 0 Å². The number of halogens is 2. The summed E-state index contributed by atoms with van der Waals surface area (Å²) in [6.45, 7) is 4.12. The predicted octanol–water partition coefficient (Wildman–Crippen LogP) is 3.88. The molecule has 100 valence electrons. The molecule has 0 aliphatic carbocycles. The van der Waals surface area contributed by atoms with Crippen LogP contribution in [-0.2, 0) is 5.33 Å². The van der Waals surface area contributed by atoms with E-state index in [-0.39, 0.29) is 17.7 Å². The number of nitrogen functional groups attached to an aromatic ring is 1. The lowest BCUT2D eigenvalue weighted by Gasteiger charge is -2.15. The van der Waals surface area contributed by atoms with Crippen LogP contribution in [0.25, 0.3) is 11.3 Å². The van der Waals surface area contributed by atoms with Crippen LogP contribution in [0.3, 0.4) is 0 Å². The van der Waals surface area contributed by atoms with E-state index in [1.807, 2.05) is 0 Å². The average molecular weight is 324 g/mol. The monoisotopic (exact) mass is 323 g/mol. The summed E-state index contributed by atoms with van der Waals surface area (Å²) in [5, 5.41) is 0.632. The van der Waals surface area contributed by atoms with E-state index in [9.17, 15) is 4.39 Å². The van der Waals surface area contributed by atoms with Crippen molar-refractivity contribution in [2.75, 3.05) is 5.73 Å². The second-order valence-corrected chi connectivity index (χ2v) is 5.15. The fraction of sp³-hybridized carbons (Fsp3) is 0.286. The zero-order valence-electron chi connectivity index (χ0n) is 10.8. The summed E-state index contributed by atoms with van der Waals surface area (Å²) < 4.78 is 13.0. The Labute approximate surface area is 120 Å². The molecule has 0 aliphatic heterocycles. The highest BCUT2D eigenvalue weighted by Crippen LogP contribution is 2.30. The fourth-order valence-electron chi connectivity index (χ4n) is 1.98. The van der Waals surface area contributed by atoms with Gasteiger partial charge in [-0.3, -0.25) is 0 Å². The summed E-state index contributed by atoms with van der Waals surface area (Å²) in [5.41, 5.74) is 9.29. The van der Waals surface area contributed by atoms with Gasteiger partial charge in [0.2, 0.25) is 5.95 Å². The van der Waals surface area contributed by atoms with Crippen LogP contribution < -0.4 is 5.73 Å². The maximum absolute atomic E-state index is 13.0. The minimum atomic E-state index is -0.268. The lowest BCUT2D eigenvalue weighted by molar-refractivity contribution is 0.628. The van der Waals surface area contributed by atoms with Crippen LogP contribution in [0.1, 0.15) is 31.0 Å². The third kappa shape index (κ3) is 2.92. The summed E-state index contributed by atoms with van der Waals surface area (Å²) in [6.07, 6.45) is 0. The Hall–Kier alpha value is -1.49. The number of rotatable bonds is 3. The van der Waals surface area contributed by atoms with Gasteiger partial charge in [0, 0.05) is 16.5 Å². The second kappa shape index (κ2) is 5.65. The molecular weight excluding hydrogens is 309 g/mol. The molecule has 1 aromatic carbocycles. The van der Waals surface area contributed by atoms with Crippen molar-refractivity contribution in [3.63, 3.8) is 0 Å². The molecule has 0 atom stereocenters. The molecule has 0 fully saturated rings. The minimum Gasteiger partial charge on any atom is -0.368 e. The maximum atomic E-state index is 13.0. The molecule has 19 heavy (non-hydrogen) atoms. The summed E-state index contributed by atoms with van der Waals surface area (Å²) in [7, 11) is 0. The van der Waals surface area contributed by atoms with E-state index in [0.717, 1.165) is 22.5 Å². The van der Waals surface area contributed by atoms with Gasteiger partial charge in [0.05, 0.1) is 11.4 Å². The predicted molar refractivity (Wildman–Crippen MR) is 78.6 cm³/mol. The van der Waals surface area contributed by atoms with Gasteiger partial charge in [-0.2, -0.15) is 0 Å². The van der Waals surface area contributed by atoms with E-state index in [0.29, 0.717) is 5.33 Å². The van der Waals surface area contributed by atoms with Crippen molar-refractivity contribution >= 4 is 21.9 Å². The van der Waals surface area contributed by atoms with E-state index in [1.165, 1.54) is 12.1 Å². The van der Waals surface area contributed by atoms with E-state index in [1.54, 1.807) is 12.1 Å². The number of benzene rings is 1. The number of hydrogen-bond donors (Lipinski definition) is 1. The normalized spacial score (nSPS) is 11.0. The van der Waals surface area contributed by atoms with E-state index < -0.39 is 0 Å². The topological polar surface area (TPSA) is 51.8 Å². The van der Waals surface area contributed by atoms with Crippen molar-refractivity contribution in [3.8, 4) is 11.3 Å². The lowest BCUT2D eigenvalue weighted by atomic mass is 10.00. The molecule has 0 amide bonds. The van der Waals surface area contributed by atoms with Crippen LogP contribution in [0.15, 0.2) is 24.3 Å². The number of nitrogens with zero attached hydrogens (tertiary/aromatic N) is 2. The van der Waals surface area contributed by atoms with Gasteiger partial charge in [-0.05, 0) is 30.2 Å². The minimum absolute atomic E-state index is 0.243. The highest BCUT2D eigenvalue weighted by atomic mass is 79.9. The largest absolute Gasteiger partial charge is 0.368 e.